The minimum atomic E-state index is 0.677. The Bertz CT molecular complexity index is 1120. The maximum absolute atomic E-state index is 6.16. The fraction of sp³-hybridized carbons (Fsp3) is 0.304. The molecule has 1 aliphatic rings. The highest BCUT2D eigenvalue weighted by molar-refractivity contribution is 6.08. The van der Waals surface area contributed by atoms with Gasteiger partial charge in [-0.2, -0.15) is 0 Å². The first kappa shape index (κ1) is 15.6. The fourth-order valence-corrected chi connectivity index (χ4v) is 4.34. The zero-order valence-corrected chi connectivity index (χ0v) is 15.2. The molecule has 0 amide bonds. The molecule has 0 unspecified atom stereocenters. The van der Waals surface area contributed by atoms with Crippen molar-refractivity contribution in [1.29, 1.82) is 0 Å². The molecule has 0 bridgehead atoms. The van der Waals surface area contributed by atoms with Gasteiger partial charge in [-0.25, -0.2) is 4.98 Å². The van der Waals surface area contributed by atoms with E-state index in [9.17, 15) is 0 Å². The Morgan fingerprint density at radius 3 is 2.69 bits per heavy atom. The Balaban J connectivity index is 1.71. The lowest BCUT2D eigenvalue weighted by atomic mass is 9.93. The zero-order chi connectivity index (χ0) is 17.7. The van der Waals surface area contributed by atoms with Crippen molar-refractivity contribution in [2.24, 2.45) is 0 Å². The van der Waals surface area contributed by atoms with E-state index in [1.165, 1.54) is 36.8 Å². The van der Waals surface area contributed by atoms with Crippen molar-refractivity contribution >= 4 is 22.1 Å². The number of fused-ring (bicyclic) bond motifs is 3. The number of aromatic nitrogens is 2. The third-order valence-corrected chi connectivity index (χ3v) is 5.72. The monoisotopic (exact) mass is 342 g/mol. The molecule has 5 rings (SSSR count). The number of rotatable bonds is 2. The Morgan fingerprint density at radius 1 is 1.00 bits per heavy atom. The van der Waals surface area contributed by atoms with Crippen LogP contribution in [0.3, 0.4) is 0 Å². The summed E-state index contributed by atoms with van der Waals surface area (Å²) in [6.07, 6.45) is 7.29. The average Bonchev–Trinajstić information content (AvgIpc) is 3.29. The molecule has 3 heterocycles. The second kappa shape index (κ2) is 5.94. The lowest BCUT2D eigenvalue weighted by Crippen LogP contribution is -1.98. The highest BCUT2D eigenvalue weighted by atomic mass is 16.3. The van der Waals surface area contributed by atoms with E-state index in [4.69, 9.17) is 9.40 Å². The Morgan fingerprint density at radius 2 is 1.85 bits per heavy atom. The number of para-hydroxylation sites is 1. The summed E-state index contributed by atoms with van der Waals surface area (Å²) in [5.41, 5.74) is 7.36. The topological polar surface area (TPSA) is 38.9 Å². The largest absolute Gasteiger partial charge is 0.437 e. The van der Waals surface area contributed by atoms with Gasteiger partial charge in [-0.1, -0.05) is 25.0 Å². The number of nitrogens with zero attached hydrogens (tertiary/aromatic N) is 2. The van der Waals surface area contributed by atoms with Crippen molar-refractivity contribution in [2.45, 2.75) is 45.4 Å². The van der Waals surface area contributed by atoms with Gasteiger partial charge in [0.1, 0.15) is 5.58 Å². The average molecular weight is 342 g/mol. The summed E-state index contributed by atoms with van der Waals surface area (Å²) in [6, 6.07) is 12.7. The van der Waals surface area contributed by atoms with Gasteiger partial charge in [0.15, 0.2) is 0 Å². The molecule has 3 heteroatoms. The molecule has 0 N–H and O–H groups in total. The molecule has 0 saturated heterocycles. The molecule has 130 valence electrons. The fourth-order valence-electron chi connectivity index (χ4n) is 4.34. The number of hydrogen-bond donors (Lipinski definition) is 0. The van der Waals surface area contributed by atoms with Crippen LogP contribution in [0.2, 0.25) is 0 Å². The normalized spacial score (nSPS) is 15.3. The zero-order valence-electron chi connectivity index (χ0n) is 15.2. The number of aryl methyl sites for hydroxylation is 2. The molecule has 0 aliphatic heterocycles. The molecule has 1 aliphatic carbocycles. The summed E-state index contributed by atoms with van der Waals surface area (Å²) in [5.74, 6) is 0.677. The summed E-state index contributed by atoms with van der Waals surface area (Å²) in [5, 5.41) is 2.17. The smallest absolute Gasteiger partial charge is 0.227 e. The van der Waals surface area contributed by atoms with Gasteiger partial charge in [-0.05, 0) is 68.0 Å². The van der Waals surface area contributed by atoms with Crippen LogP contribution in [0.25, 0.3) is 33.3 Å². The van der Waals surface area contributed by atoms with Gasteiger partial charge in [0.2, 0.25) is 5.71 Å². The van der Waals surface area contributed by atoms with E-state index in [0.29, 0.717) is 11.6 Å². The van der Waals surface area contributed by atoms with Crippen molar-refractivity contribution in [2.75, 3.05) is 0 Å². The van der Waals surface area contributed by atoms with Gasteiger partial charge in [-0.15, -0.1) is 0 Å². The van der Waals surface area contributed by atoms with Crippen LogP contribution in [0.4, 0.5) is 0 Å². The molecule has 1 aromatic carbocycles. The highest BCUT2D eigenvalue weighted by Gasteiger charge is 2.21. The lowest BCUT2D eigenvalue weighted by molar-refractivity contribution is 0.653. The highest BCUT2D eigenvalue weighted by Crippen LogP contribution is 2.39. The van der Waals surface area contributed by atoms with E-state index < -0.39 is 0 Å². The maximum atomic E-state index is 6.16. The van der Waals surface area contributed by atoms with Crippen LogP contribution < -0.4 is 0 Å². The third kappa shape index (κ3) is 2.42. The van der Waals surface area contributed by atoms with Gasteiger partial charge >= 0.3 is 0 Å². The Labute approximate surface area is 153 Å². The summed E-state index contributed by atoms with van der Waals surface area (Å²) in [7, 11) is 0. The molecular formula is C23H22N2O. The number of benzene rings is 1. The first-order valence-corrected chi connectivity index (χ1v) is 9.46. The van der Waals surface area contributed by atoms with Gasteiger partial charge in [0.25, 0.3) is 0 Å². The summed E-state index contributed by atoms with van der Waals surface area (Å²) >= 11 is 0. The van der Waals surface area contributed by atoms with E-state index in [2.05, 4.69) is 42.2 Å². The predicted octanol–water partition coefficient (Wildman–Crippen LogP) is 6.32. The SMILES string of the molecule is Cc1ccc2c(n1)oc1c(-c3cc(C4CCCC4)c(C)cn3)cccc12. The number of pyridine rings is 2. The van der Waals surface area contributed by atoms with Crippen LogP contribution >= 0.6 is 0 Å². The molecule has 26 heavy (non-hydrogen) atoms. The van der Waals surface area contributed by atoms with Crippen LogP contribution in [0.15, 0.2) is 47.0 Å². The standard InChI is InChI=1S/C23H22N2O/c1-14-13-24-21(12-20(14)16-6-3-4-7-16)19-9-5-8-17-18-11-10-15(2)25-23(18)26-22(17)19/h5,8-13,16H,3-4,6-7H2,1-2H3. The summed E-state index contributed by atoms with van der Waals surface area (Å²) in [6.45, 7) is 4.17. The first-order valence-electron chi connectivity index (χ1n) is 9.46. The molecule has 3 nitrogen and oxygen atoms in total. The lowest BCUT2D eigenvalue weighted by Gasteiger charge is -2.14. The summed E-state index contributed by atoms with van der Waals surface area (Å²) < 4.78 is 6.16. The van der Waals surface area contributed by atoms with Crippen LogP contribution in [0, 0.1) is 13.8 Å². The van der Waals surface area contributed by atoms with Gasteiger partial charge in [-0.3, -0.25) is 4.98 Å². The van der Waals surface area contributed by atoms with Gasteiger partial charge in [0, 0.05) is 28.2 Å². The van der Waals surface area contributed by atoms with E-state index in [1.54, 1.807) is 0 Å². The minimum absolute atomic E-state index is 0.677. The van der Waals surface area contributed by atoms with E-state index in [0.717, 1.165) is 33.3 Å². The Kier molecular flexibility index (Phi) is 3.56. The van der Waals surface area contributed by atoms with Crippen molar-refractivity contribution < 1.29 is 4.42 Å². The second-order valence-electron chi connectivity index (χ2n) is 7.50. The second-order valence-corrected chi connectivity index (χ2v) is 7.50. The van der Waals surface area contributed by atoms with Crippen molar-refractivity contribution in [3.63, 3.8) is 0 Å². The molecular weight excluding hydrogens is 320 g/mol. The van der Waals surface area contributed by atoms with Crippen LogP contribution in [-0.4, -0.2) is 9.97 Å². The Hall–Kier alpha value is -2.68. The first-order chi connectivity index (χ1) is 12.7. The van der Waals surface area contributed by atoms with Crippen molar-refractivity contribution in [3.05, 3.63) is 59.4 Å². The van der Waals surface area contributed by atoms with E-state index in [1.807, 2.05) is 19.2 Å². The predicted molar refractivity (Wildman–Crippen MR) is 105 cm³/mol. The van der Waals surface area contributed by atoms with Crippen LogP contribution in [-0.2, 0) is 0 Å². The molecule has 0 radical (unpaired) electrons. The number of hydrogen-bond acceptors (Lipinski definition) is 3. The van der Waals surface area contributed by atoms with E-state index in [-0.39, 0.29) is 0 Å². The maximum Gasteiger partial charge on any atom is 0.227 e. The molecule has 3 aromatic heterocycles. The van der Waals surface area contributed by atoms with Crippen molar-refractivity contribution in [1.82, 2.24) is 9.97 Å². The molecule has 0 atom stereocenters. The molecule has 4 aromatic rings. The molecule has 1 fully saturated rings. The quantitative estimate of drug-likeness (QED) is 0.428. The minimum Gasteiger partial charge on any atom is -0.437 e. The van der Waals surface area contributed by atoms with Crippen LogP contribution in [0.1, 0.15) is 48.4 Å². The van der Waals surface area contributed by atoms with Crippen molar-refractivity contribution in [3.8, 4) is 11.3 Å². The van der Waals surface area contributed by atoms with Crippen LogP contribution in [0.5, 0.6) is 0 Å². The van der Waals surface area contributed by atoms with Gasteiger partial charge < -0.3 is 4.42 Å². The molecule has 1 saturated carbocycles. The summed E-state index contributed by atoms with van der Waals surface area (Å²) in [4.78, 5) is 9.29. The molecule has 0 spiro atoms. The third-order valence-electron chi connectivity index (χ3n) is 5.72. The van der Waals surface area contributed by atoms with E-state index >= 15 is 0 Å². The number of furan rings is 1. The van der Waals surface area contributed by atoms with Gasteiger partial charge in [0.05, 0.1) is 5.69 Å².